The topological polar surface area (TPSA) is 20.2 Å². The van der Waals surface area contributed by atoms with E-state index in [1.165, 1.54) is 0 Å². The number of hydrogen-bond donors (Lipinski definition) is 1. The fourth-order valence-corrected chi connectivity index (χ4v) is 1.13. The largest absolute Gasteiger partial charge is 0.385 e. The van der Waals surface area contributed by atoms with Crippen LogP contribution in [0.3, 0.4) is 0 Å². The van der Waals surface area contributed by atoms with Crippen LogP contribution < -0.4 is 0 Å². The molecule has 1 nitrogen and oxygen atoms in total. The van der Waals surface area contributed by atoms with Gasteiger partial charge in [0, 0.05) is 6.42 Å². The Balaban J connectivity index is 2.52. The molecule has 1 unspecified atom stereocenters. The average Bonchev–Trinajstić information content (AvgIpc) is 1.89. The molecule has 1 aliphatic rings. The molecular formula is C9H13O. The first-order chi connectivity index (χ1) is 4.77. The van der Waals surface area contributed by atoms with Crippen LogP contribution in [0.25, 0.3) is 0 Å². The SMILES string of the molecule is CCCC1(O)[CH]C=CC=C1. The van der Waals surface area contributed by atoms with E-state index < -0.39 is 5.60 Å². The molecule has 0 aromatic carbocycles. The van der Waals surface area contributed by atoms with Crippen molar-refractivity contribution in [1.29, 1.82) is 0 Å². The van der Waals surface area contributed by atoms with Gasteiger partial charge in [0.15, 0.2) is 0 Å². The van der Waals surface area contributed by atoms with Crippen LogP contribution in [0.1, 0.15) is 19.8 Å². The maximum absolute atomic E-state index is 9.68. The van der Waals surface area contributed by atoms with E-state index in [1.807, 2.05) is 30.7 Å². The van der Waals surface area contributed by atoms with Gasteiger partial charge in [0.25, 0.3) is 0 Å². The van der Waals surface area contributed by atoms with Crippen LogP contribution >= 0.6 is 0 Å². The fraction of sp³-hybridized carbons (Fsp3) is 0.444. The van der Waals surface area contributed by atoms with Crippen molar-refractivity contribution in [2.75, 3.05) is 0 Å². The third kappa shape index (κ3) is 1.71. The molecule has 55 valence electrons. The highest BCUT2D eigenvalue weighted by Gasteiger charge is 2.21. The van der Waals surface area contributed by atoms with Crippen molar-refractivity contribution in [1.82, 2.24) is 0 Å². The molecule has 1 N–H and O–H groups in total. The molecule has 1 atom stereocenters. The van der Waals surface area contributed by atoms with Gasteiger partial charge in [0.1, 0.15) is 0 Å². The van der Waals surface area contributed by atoms with Crippen LogP contribution in [0.15, 0.2) is 24.3 Å². The van der Waals surface area contributed by atoms with E-state index in [1.54, 1.807) is 0 Å². The zero-order chi connectivity index (χ0) is 7.45. The smallest absolute Gasteiger partial charge is 0.0899 e. The van der Waals surface area contributed by atoms with Crippen molar-refractivity contribution >= 4 is 0 Å². The molecule has 1 rings (SSSR count). The second kappa shape index (κ2) is 3.02. The Morgan fingerprint density at radius 2 is 2.10 bits per heavy atom. The monoisotopic (exact) mass is 137 g/mol. The van der Waals surface area contributed by atoms with Crippen LogP contribution in [-0.2, 0) is 0 Å². The number of allylic oxidation sites excluding steroid dienone is 2. The lowest BCUT2D eigenvalue weighted by atomic mass is 9.91. The Kier molecular flexibility index (Phi) is 2.28. The molecule has 0 saturated heterocycles. The average molecular weight is 137 g/mol. The summed E-state index contributed by atoms with van der Waals surface area (Å²) in [5, 5.41) is 9.68. The summed E-state index contributed by atoms with van der Waals surface area (Å²) in [4.78, 5) is 0. The molecule has 0 aromatic heterocycles. The van der Waals surface area contributed by atoms with E-state index in [0.29, 0.717) is 0 Å². The highest BCUT2D eigenvalue weighted by Crippen LogP contribution is 2.21. The summed E-state index contributed by atoms with van der Waals surface area (Å²) in [6.07, 6.45) is 11.2. The molecule has 0 spiro atoms. The van der Waals surface area contributed by atoms with Crippen molar-refractivity contribution in [2.24, 2.45) is 0 Å². The first-order valence-corrected chi connectivity index (χ1v) is 3.69. The lowest BCUT2D eigenvalue weighted by Gasteiger charge is -2.23. The predicted molar refractivity (Wildman–Crippen MR) is 42.4 cm³/mol. The van der Waals surface area contributed by atoms with Crippen molar-refractivity contribution in [3.05, 3.63) is 30.7 Å². The standard InChI is InChI=1S/C9H13O/c1-2-6-9(10)7-4-3-5-8-9/h3-5,7-8,10H,2,6H2,1H3. The van der Waals surface area contributed by atoms with Gasteiger partial charge in [-0.15, -0.1) is 0 Å². The van der Waals surface area contributed by atoms with Crippen molar-refractivity contribution < 1.29 is 5.11 Å². The zero-order valence-electron chi connectivity index (χ0n) is 6.25. The summed E-state index contributed by atoms with van der Waals surface area (Å²) in [6.45, 7) is 2.07. The van der Waals surface area contributed by atoms with Gasteiger partial charge in [0.2, 0.25) is 0 Å². The van der Waals surface area contributed by atoms with E-state index in [0.717, 1.165) is 12.8 Å². The van der Waals surface area contributed by atoms with Crippen LogP contribution in [-0.4, -0.2) is 10.7 Å². The third-order valence-electron chi connectivity index (χ3n) is 1.64. The van der Waals surface area contributed by atoms with E-state index in [2.05, 4.69) is 6.92 Å². The van der Waals surface area contributed by atoms with Gasteiger partial charge >= 0.3 is 0 Å². The molecule has 10 heavy (non-hydrogen) atoms. The molecule has 0 bridgehead atoms. The van der Waals surface area contributed by atoms with Crippen LogP contribution in [0.5, 0.6) is 0 Å². The van der Waals surface area contributed by atoms with Crippen molar-refractivity contribution in [2.45, 2.75) is 25.4 Å². The number of hydrogen-bond acceptors (Lipinski definition) is 1. The quantitative estimate of drug-likeness (QED) is 0.615. The van der Waals surface area contributed by atoms with Gasteiger partial charge in [-0.05, 0) is 6.42 Å². The third-order valence-corrected chi connectivity index (χ3v) is 1.64. The van der Waals surface area contributed by atoms with Gasteiger partial charge in [-0.25, -0.2) is 0 Å². The Hall–Kier alpha value is -0.560. The Morgan fingerprint density at radius 1 is 1.30 bits per heavy atom. The summed E-state index contributed by atoms with van der Waals surface area (Å²) < 4.78 is 0. The van der Waals surface area contributed by atoms with Crippen LogP contribution in [0.4, 0.5) is 0 Å². The second-order valence-electron chi connectivity index (χ2n) is 2.65. The lowest BCUT2D eigenvalue weighted by molar-refractivity contribution is 0.118. The highest BCUT2D eigenvalue weighted by molar-refractivity contribution is 5.26. The van der Waals surface area contributed by atoms with Crippen LogP contribution in [0, 0.1) is 6.42 Å². The zero-order valence-corrected chi connectivity index (χ0v) is 6.25. The fourth-order valence-electron chi connectivity index (χ4n) is 1.13. The maximum Gasteiger partial charge on any atom is 0.0899 e. The minimum Gasteiger partial charge on any atom is -0.385 e. The van der Waals surface area contributed by atoms with E-state index in [-0.39, 0.29) is 0 Å². The molecule has 0 fully saturated rings. The summed E-state index contributed by atoms with van der Waals surface area (Å²) in [5.41, 5.74) is -0.663. The molecule has 0 aliphatic heterocycles. The minimum atomic E-state index is -0.663. The van der Waals surface area contributed by atoms with E-state index in [9.17, 15) is 5.11 Å². The normalized spacial score (nSPS) is 31.0. The number of rotatable bonds is 2. The molecular weight excluding hydrogens is 124 g/mol. The molecule has 1 aliphatic carbocycles. The van der Waals surface area contributed by atoms with Crippen molar-refractivity contribution in [3.63, 3.8) is 0 Å². The summed E-state index contributed by atoms with van der Waals surface area (Å²) >= 11 is 0. The Morgan fingerprint density at radius 3 is 2.60 bits per heavy atom. The molecule has 0 heterocycles. The van der Waals surface area contributed by atoms with Crippen LogP contribution in [0.2, 0.25) is 0 Å². The van der Waals surface area contributed by atoms with Gasteiger partial charge in [-0.2, -0.15) is 0 Å². The first-order valence-electron chi connectivity index (χ1n) is 3.69. The van der Waals surface area contributed by atoms with Gasteiger partial charge < -0.3 is 5.11 Å². The highest BCUT2D eigenvalue weighted by atomic mass is 16.3. The minimum absolute atomic E-state index is 0.663. The molecule has 0 saturated carbocycles. The van der Waals surface area contributed by atoms with Gasteiger partial charge in [0.05, 0.1) is 5.60 Å². The lowest BCUT2D eigenvalue weighted by Crippen LogP contribution is -2.26. The molecule has 1 radical (unpaired) electrons. The van der Waals surface area contributed by atoms with E-state index in [4.69, 9.17) is 0 Å². The summed E-state index contributed by atoms with van der Waals surface area (Å²) in [5.74, 6) is 0. The first kappa shape index (κ1) is 7.55. The van der Waals surface area contributed by atoms with E-state index >= 15 is 0 Å². The maximum atomic E-state index is 9.68. The number of aliphatic hydroxyl groups is 1. The molecule has 0 aromatic rings. The molecule has 0 amide bonds. The Labute approximate surface area is 62.1 Å². The van der Waals surface area contributed by atoms with Gasteiger partial charge in [-0.1, -0.05) is 37.6 Å². The Bertz CT molecular complexity index is 158. The predicted octanol–water partition coefficient (Wildman–Crippen LogP) is 1.85. The molecule has 1 heteroatoms. The van der Waals surface area contributed by atoms with Gasteiger partial charge in [-0.3, -0.25) is 0 Å². The second-order valence-corrected chi connectivity index (χ2v) is 2.65. The summed E-state index contributed by atoms with van der Waals surface area (Å²) in [7, 11) is 0. The van der Waals surface area contributed by atoms with Crippen molar-refractivity contribution in [3.8, 4) is 0 Å². The summed E-state index contributed by atoms with van der Waals surface area (Å²) in [6, 6.07) is 0.